The number of anilines is 1. The monoisotopic (exact) mass is 560 g/mol. The number of carbonyl (C=O) groups excluding carboxylic acids is 1. The molecule has 5 nitrogen and oxygen atoms in total. The highest BCUT2D eigenvalue weighted by Gasteiger charge is 2.13. The van der Waals surface area contributed by atoms with E-state index in [0.717, 1.165) is 8.96 Å². The maximum absolute atomic E-state index is 12.4. The average Bonchev–Trinajstić information content (AvgIpc) is 2.75. The highest BCUT2D eigenvalue weighted by molar-refractivity contribution is 14.1. The largest absolute Gasteiger partial charge is 0.422 e. The van der Waals surface area contributed by atoms with Crippen LogP contribution in [0.25, 0.3) is 22.1 Å². The maximum Gasteiger partial charge on any atom is 0.344 e. The third-order valence-corrected chi connectivity index (χ3v) is 5.70. The molecular formula is C23H14ClIN2O3S. The third-order valence-electron chi connectivity index (χ3n) is 4.50. The summed E-state index contributed by atoms with van der Waals surface area (Å²) in [5.41, 5.74) is 2.32. The first-order chi connectivity index (χ1) is 14.9. The fourth-order valence-electron chi connectivity index (χ4n) is 3.00. The third kappa shape index (κ3) is 4.95. The Balaban J connectivity index is 1.48. The molecule has 1 heterocycles. The summed E-state index contributed by atoms with van der Waals surface area (Å²) in [6, 6.07) is 21.4. The molecule has 2 N–H and O–H groups in total. The van der Waals surface area contributed by atoms with E-state index >= 15 is 0 Å². The van der Waals surface area contributed by atoms with E-state index in [1.165, 1.54) is 0 Å². The molecule has 31 heavy (non-hydrogen) atoms. The first-order valence-electron chi connectivity index (χ1n) is 9.11. The van der Waals surface area contributed by atoms with Crippen molar-refractivity contribution in [2.24, 2.45) is 0 Å². The van der Waals surface area contributed by atoms with E-state index < -0.39 is 11.5 Å². The lowest BCUT2D eigenvalue weighted by Gasteiger charge is -2.11. The summed E-state index contributed by atoms with van der Waals surface area (Å²) < 4.78 is 6.28. The predicted octanol–water partition coefficient (Wildman–Crippen LogP) is 5.84. The van der Waals surface area contributed by atoms with Gasteiger partial charge in [-0.1, -0.05) is 41.9 Å². The molecule has 0 aliphatic carbocycles. The molecule has 4 rings (SSSR count). The highest BCUT2D eigenvalue weighted by Crippen LogP contribution is 2.23. The zero-order chi connectivity index (χ0) is 22.0. The molecule has 4 aromatic rings. The van der Waals surface area contributed by atoms with Crippen LogP contribution in [0, 0.1) is 3.57 Å². The van der Waals surface area contributed by atoms with Crippen LogP contribution >= 0.6 is 46.4 Å². The fourth-order valence-corrected chi connectivity index (χ4v) is 3.91. The second kappa shape index (κ2) is 9.17. The molecule has 1 amide bonds. The summed E-state index contributed by atoms with van der Waals surface area (Å²) in [4.78, 5) is 24.8. The number of thiocarbonyl (C=S) groups is 1. The standard InChI is InChI=1S/C23H14ClIN2O3S/c24-19-10-7-15(25)12-18(19)21(28)27-23(31)26-16-8-5-13(6-9-16)17-11-14-3-1-2-4-20(14)30-22(17)29/h1-12H,(H2,26,27,28,31). The van der Waals surface area contributed by atoms with Gasteiger partial charge in [0.25, 0.3) is 5.91 Å². The van der Waals surface area contributed by atoms with Crippen molar-refractivity contribution in [1.82, 2.24) is 5.32 Å². The molecule has 0 radical (unpaired) electrons. The van der Waals surface area contributed by atoms with Crippen LogP contribution in [-0.4, -0.2) is 11.0 Å². The van der Waals surface area contributed by atoms with Crippen molar-refractivity contribution in [3.63, 3.8) is 0 Å². The lowest BCUT2D eigenvalue weighted by molar-refractivity contribution is 0.0978. The van der Waals surface area contributed by atoms with Gasteiger partial charge in [0.15, 0.2) is 5.11 Å². The van der Waals surface area contributed by atoms with Crippen LogP contribution in [0.1, 0.15) is 10.4 Å². The molecule has 0 aliphatic rings. The zero-order valence-electron chi connectivity index (χ0n) is 15.8. The van der Waals surface area contributed by atoms with Crippen molar-refractivity contribution in [3.8, 4) is 11.1 Å². The minimum Gasteiger partial charge on any atom is -0.422 e. The minimum absolute atomic E-state index is 0.137. The SMILES string of the molecule is O=C(NC(=S)Nc1ccc(-c2cc3ccccc3oc2=O)cc1)c1cc(I)ccc1Cl. The van der Waals surface area contributed by atoms with Gasteiger partial charge in [0.1, 0.15) is 5.58 Å². The molecule has 0 saturated heterocycles. The maximum atomic E-state index is 12.4. The van der Waals surface area contributed by atoms with E-state index in [9.17, 15) is 9.59 Å². The van der Waals surface area contributed by atoms with Crippen molar-refractivity contribution in [1.29, 1.82) is 0 Å². The summed E-state index contributed by atoms with van der Waals surface area (Å²) in [6.45, 7) is 0. The predicted molar refractivity (Wildman–Crippen MR) is 136 cm³/mol. The molecule has 3 aromatic carbocycles. The Hall–Kier alpha value is -2.75. The molecule has 0 fully saturated rings. The zero-order valence-corrected chi connectivity index (χ0v) is 19.5. The smallest absolute Gasteiger partial charge is 0.344 e. The summed E-state index contributed by atoms with van der Waals surface area (Å²) in [7, 11) is 0. The van der Waals surface area contributed by atoms with Gasteiger partial charge in [-0.15, -0.1) is 0 Å². The van der Waals surface area contributed by atoms with Crippen LogP contribution < -0.4 is 16.3 Å². The number of para-hydroxylation sites is 1. The van der Waals surface area contributed by atoms with Gasteiger partial charge in [-0.2, -0.15) is 0 Å². The molecular weight excluding hydrogens is 547 g/mol. The van der Waals surface area contributed by atoms with E-state index in [0.29, 0.717) is 33.0 Å². The van der Waals surface area contributed by atoms with Crippen molar-refractivity contribution in [2.45, 2.75) is 0 Å². The van der Waals surface area contributed by atoms with Crippen LogP contribution in [0.15, 0.2) is 82.0 Å². The number of carbonyl (C=O) groups is 1. The van der Waals surface area contributed by atoms with Crippen LogP contribution in [-0.2, 0) is 0 Å². The second-order valence-corrected chi connectivity index (χ2v) is 8.66. The highest BCUT2D eigenvalue weighted by atomic mass is 127. The fraction of sp³-hybridized carbons (Fsp3) is 0. The van der Waals surface area contributed by atoms with E-state index in [1.54, 1.807) is 48.5 Å². The van der Waals surface area contributed by atoms with E-state index in [4.69, 9.17) is 28.2 Å². The topological polar surface area (TPSA) is 71.3 Å². The molecule has 8 heteroatoms. The first kappa shape index (κ1) is 21.5. The normalized spacial score (nSPS) is 10.6. The number of fused-ring (bicyclic) bond motifs is 1. The number of amides is 1. The van der Waals surface area contributed by atoms with Gasteiger partial charge in [0.2, 0.25) is 0 Å². The van der Waals surface area contributed by atoms with E-state index in [1.807, 2.05) is 24.3 Å². The van der Waals surface area contributed by atoms with Gasteiger partial charge in [0.05, 0.1) is 16.1 Å². The Morgan fingerprint density at radius 3 is 2.52 bits per heavy atom. The Kier molecular flexibility index (Phi) is 6.35. The summed E-state index contributed by atoms with van der Waals surface area (Å²) in [5, 5.41) is 6.90. The first-order valence-corrected chi connectivity index (χ1v) is 11.0. The van der Waals surface area contributed by atoms with Gasteiger partial charge in [-0.3, -0.25) is 10.1 Å². The number of benzene rings is 3. The molecule has 0 saturated carbocycles. The summed E-state index contributed by atoms with van der Waals surface area (Å²) in [5.74, 6) is -0.397. The number of halogens is 2. The number of hydrogen-bond donors (Lipinski definition) is 2. The molecule has 0 unspecified atom stereocenters. The number of nitrogens with one attached hydrogen (secondary N) is 2. The van der Waals surface area contributed by atoms with E-state index in [2.05, 4.69) is 33.2 Å². The van der Waals surface area contributed by atoms with Crippen LogP contribution in [0.3, 0.4) is 0 Å². The van der Waals surface area contributed by atoms with Crippen LogP contribution in [0.2, 0.25) is 5.02 Å². The number of rotatable bonds is 3. The van der Waals surface area contributed by atoms with Crippen molar-refractivity contribution >= 4 is 74.1 Å². The molecule has 154 valence electrons. The van der Waals surface area contributed by atoms with Crippen LogP contribution in [0.5, 0.6) is 0 Å². The second-order valence-electron chi connectivity index (χ2n) is 6.60. The van der Waals surface area contributed by atoms with Crippen molar-refractivity contribution in [2.75, 3.05) is 5.32 Å². The quantitative estimate of drug-likeness (QED) is 0.187. The Bertz CT molecular complexity index is 1370. The summed E-state index contributed by atoms with van der Waals surface area (Å²) in [6.07, 6.45) is 0. The van der Waals surface area contributed by atoms with Gasteiger partial charge in [-0.05, 0) is 82.8 Å². The molecule has 0 spiro atoms. The molecule has 1 aromatic heterocycles. The molecule has 0 aliphatic heterocycles. The van der Waals surface area contributed by atoms with Gasteiger partial charge in [0, 0.05) is 14.6 Å². The minimum atomic E-state index is -0.406. The lowest BCUT2D eigenvalue weighted by Crippen LogP contribution is -2.34. The molecule has 0 atom stereocenters. The van der Waals surface area contributed by atoms with Crippen molar-refractivity contribution < 1.29 is 9.21 Å². The van der Waals surface area contributed by atoms with E-state index in [-0.39, 0.29) is 5.11 Å². The average molecular weight is 561 g/mol. The molecule has 0 bridgehead atoms. The Labute approximate surface area is 201 Å². The Morgan fingerprint density at radius 1 is 1.00 bits per heavy atom. The number of hydrogen-bond acceptors (Lipinski definition) is 4. The van der Waals surface area contributed by atoms with Crippen molar-refractivity contribution in [3.05, 3.63) is 97.4 Å². The van der Waals surface area contributed by atoms with Gasteiger partial charge in [-0.25, -0.2) is 4.79 Å². The van der Waals surface area contributed by atoms with Gasteiger partial charge >= 0.3 is 5.63 Å². The van der Waals surface area contributed by atoms with Gasteiger partial charge < -0.3 is 9.73 Å². The van der Waals surface area contributed by atoms with Crippen LogP contribution in [0.4, 0.5) is 5.69 Å². The Morgan fingerprint density at radius 2 is 1.74 bits per heavy atom. The summed E-state index contributed by atoms with van der Waals surface area (Å²) >= 11 is 13.4. The lowest BCUT2D eigenvalue weighted by atomic mass is 10.1.